The third kappa shape index (κ3) is 4.61. The summed E-state index contributed by atoms with van der Waals surface area (Å²) in [5, 5.41) is 0. The van der Waals surface area contributed by atoms with Gasteiger partial charge in [0.15, 0.2) is 5.78 Å². The van der Waals surface area contributed by atoms with Crippen LogP contribution in [0.2, 0.25) is 0 Å². The summed E-state index contributed by atoms with van der Waals surface area (Å²) in [6.45, 7) is 4.90. The minimum Gasteiger partial charge on any atom is -0.326 e. The van der Waals surface area contributed by atoms with Gasteiger partial charge < -0.3 is 5.73 Å². The molecule has 0 saturated heterocycles. The van der Waals surface area contributed by atoms with Gasteiger partial charge in [0.05, 0.1) is 0 Å². The zero-order chi connectivity index (χ0) is 13.4. The summed E-state index contributed by atoms with van der Waals surface area (Å²) in [5.74, 6) is 0.799. The second-order valence-corrected chi connectivity index (χ2v) is 4.94. The van der Waals surface area contributed by atoms with Crippen LogP contribution >= 0.6 is 0 Å². The van der Waals surface area contributed by atoms with Crippen molar-refractivity contribution < 1.29 is 4.79 Å². The lowest BCUT2D eigenvalue weighted by Crippen LogP contribution is -2.08. The molecule has 0 saturated carbocycles. The standard InChI is InChI=1S/C16H25NO/c1-3-5-6-13(4-2)11-16(18)15-9-7-14(12-17)8-10-15/h7-10,13H,3-6,11-12,17H2,1-2H3. The Bertz CT molecular complexity index is 356. The van der Waals surface area contributed by atoms with E-state index in [4.69, 9.17) is 5.73 Å². The fraction of sp³-hybridized carbons (Fsp3) is 0.562. The van der Waals surface area contributed by atoms with E-state index >= 15 is 0 Å². The van der Waals surface area contributed by atoms with Gasteiger partial charge in [-0.3, -0.25) is 4.79 Å². The molecule has 1 unspecified atom stereocenters. The molecule has 2 nitrogen and oxygen atoms in total. The molecule has 0 aliphatic carbocycles. The molecule has 0 bridgehead atoms. The fourth-order valence-electron chi connectivity index (χ4n) is 2.15. The average molecular weight is 247 g/mol. The minimum absolute atomic E-state index is 0.265. The Balaban J connectivity index is 2.56. The van der Waals surface area contributed by atoms with Crippen LogP contribution < -0.4 is 5.73 Å². The fourth-order valence-corrected chi connectivity index (χ4v) is 2.15. The molecule has 1 rings (SSSR count). The maximum absolute atomic E-state index is 12.1. The van der Waals surface area contributed by atoms with Gasteiger partial charge >= 0.3 is 0 Å². The first-order valence-electron chi connectivity index (χ1n) is 7.03. The van der Waals surface area contributed by atoms with Crippen molar-refractivity contribution in [1.82, 2.24) is 0 Å². The van der Waals surface area contributed by atoms with Crippen LogP contribution in [-0.4, -0.2) is 5.78 Å². The molecular formula is C16H25NO. The predicted octanol–water partition coefficient (Wildman–Crippen LogP) is 3.93. The van der Waals surface area contributed by atoms with Crippen molar-refractivity contribution in [2.24, 2.45) is 11.7 Å². The summed E-state index contributed by atoms with van der Waals surface area (Å²) < 4.78 is 0. The van der Waals surface area contributed by atoms with Crippen molar-refractivity contribution >= 4 is 5.78 Å². The molecule has 0 spiro atoms. The Kier molecular flexibility index (Phi) is 6.66. The van der Waals surface area contributed by atoms with Crippen molar-refractivity contribution in [3.05, 3.63) is 35.4 Å². The van der Waals surface area contributed by atoms with E-state index in [1.165, 1.54) is 19.3 Å². The molecule has 0 aliphatic heterocycles. The van der Waals surface area contributed by atoms with Crippen molar-refractivity contribution in [1.29, 1.82) is 0 Å². The minimum atomic E-state index is 0.265. The van der Waals surface area contributed by atoms with E-state index in [9.17, 15) is 4.79 Å². The highest BCUT2D eigenvalue weighted by molar-refractivity contribution is 5.96. The van der Waals surface area contributed by atoms with Crippen LogP contribution in [0.1, 0.15) is 61.9 Å². The van der Waals surface area contributed by atoms with Crippen LogP contribution in [0, 0.1) is 5.92 Å². The van der Waals surface area contributed by atoms with Gasteiger partial charge in [-0.1, -0.05) is 63.8 Å². The monoisotopic (exact) mass is 247 g/mol. The molecule has 0 amide bonds. The van der Waals surface area contributed by atoms with Gasteiger partial charge in [0.25, 0.3) is 0 Å². The zero-order valence-electron chi connectivity index (χ0n) is 11.6. The maximum atomic E-state index is 12.1. The van der Waals surface area contributed by atoms with Crippen molar-refractivity contribution in [3.8, 4) is 0 Å². The number of hydrogen-bond donors (Lipinski definition) is 1. The van der Waals surface area contributed by atoms with Gasteiger partial charge in [-0.05, 0) is 11.5 Å². The number of carbonyl (C=O) groups excluding carboxylic acids is 1. The highest BCUT2D eigenvalue weighted by atomic mass is 16.1. The summed E-state index contributed by atoms with van der Waals surface area (Å²) in [6.07, 6.45) is 5.36. The molecule has 1 aromatic rings. The highest BCUT2D eigenvalue weighted by Crippen LogP contribution is 2.19. The number of rotatable bonds is 8. The summed E-state index contributed by atoms with van der Waals surface area (Å²) in [6, 6.07) is 7.69. The van der Waals surface area contributed by atoms with Crippen LogP contribution in [0.4, 0.5) is 0 Å². The van der Waals surface area contributed by atoms with E-state index in [0.29, 0.717) is 18.9 Å². The van der Waals surface area contributed by atoms with E-state index in [0.717, 1.165) is 17.5 Å². The molecule has 18 heavy (non-hydrogen) atoms. The van der Waals surface area contributed by atoms with Crippen molar-refractivity contribution in [2.45, 2.75) is 52.5 Å². The normalized spacial score (nSPS) is 12.4. The number of nitrogens with two attached hydrogens (primary N) is 1. The van der Waals surface area contributed by atoms with Crippen LogP contribution in [0.3, 0.4) is 0 Å². The second-order valence-electron chi connectivity index (χ2n) is 4.94. The molecule has 100 valence electrons. The van der Waals surface area contributed by atoms with Crippen LogP contribution in [0.15, 0.2) is 24.3 Å². The lowest BCUT2D eigenvalue weighted by Gasteiger charge is -2.13. The topological polar surface area (TPSA) is 43.1 Å². The molecule has 0 heterocycles. The zero-order valence-corrected chi connectivity index (χ0v) is 11.6. The van der Waals surface area contributed by atoms with E-state index in [-0.39, 0.29) is 5.78 Å². The van der Waals surface area contributed by atoms with Crippen LogP contribution in [0.25, 0.3) is 0 Å². The lowest BCUT2D eigenvalue weighted by molar-refractivity contribution is 0.0957. The van der Waals surface area contributed by atoms with E-state index in [1.807, 2.05) is 24.3 Å². The molecular weight excluding hydrogens is 222 g/mol. The first-order valence-corrected chi connectivity index (χ1v) is 7.03. The summed E-state index contributed by atoms with van der Waals surface area (Å²) in [5.41, 5.74) is 7.44. The van der Waals surface area contributed by atoms with Gasteiger partial charge in [0, 0.05) is 18.5 Å². The number of benzene rings is 1. The Morgan fingerprint density at radius 1 is 1.22 bits per heavy atom. The third-order valence-corrected chi connectivity index (χ3v) is 3.53. The van der Waals surface area contributed by atoms with E-state index in [2.05, 4.69) is 13.8 Å². The molecule has 1 atom stereocenters. The molecule has 2 heteroatoms. The summed E-state index contributed by atoms with van der Waals surface area (Å²) in [7, 11) is 0. The Hall–Kier alpha value is -1.15. The van der Waals surface area contributed by atoms with Crippen LogP contribution in [0.5, 0.6) is 0 Å². The Morgan fingerprint density at radius 2 is 1.89 bits per heavy atom. The quantitative estimate of drug-likeness (QED) is 0.707. The lowest BCUT2D eigenvalue weighted by atomic mass is 9.91. The largest absolute Gasteiger partial charge is 0.326 e. The van der Waals surface area contributed by atoms with Crippen molar-refractivity contribution in [3.63, 3.8) is 0 Å². The van der Waals surface area contributed by atoms with Gasteiger partial charge in [-0.25, -0.2) is 0 Å². The third-order valence-electron chi connectivity index (χ3n) is 3.53. The summed E-state index contributed by atoms with van der Waals surface area (Å²) >= 11 is 0. The Labute approximate surface area is 111 Å². The van der Waals surface area contributed by atoms with E-state index < -0.39 is 0 Å². The van der Waals surface area contributed by atoms with Gasteiger partial charge in [0.2, 0.25) is 0 Å². The Morgan fingerprint density at radius 3 is 2.39 bits per heavy atom. The number of Topliss-reactive ketones (excluding diaryl/α,β-unsaturated/α-hetero) is 1. The molecule has 0 aliphatic rings. The predicted molar refractivity (Wildman–Crippen MR) is 76.6 cm³/mol. The summed E-state index contributed by atoms with van der Waals surface area (Å²) in [4.78, 5) is 12.1. The first-order chi connectivity index (χ1) is 8.71. The number of carbonyl (C=O) groups is 1. The van der Waals surface area contributed by atoms with Gasteiger partial charge in [0.1, 0.15) is 0 Å². The first kappa shape index (κ1) is 14.9. The smallest absolute Gasteiger partial charge is 0.163 e. The maximum Gasteiger partial charge on any atom is 0.163 e. The van der Waals surface area contributed by atoms with Gasteiger partial charge in [-0.15, -0.1) is 0 Å². The second kappa shape index (κ2) is 8.04. The average Bonchev–Trinajstić information content (AvgIpc) is 2.43. The SMILES string of the molecule is CCCCC(CC)CC(=O)c1ccc(CN)cc1. The number of hydrogen-bond acceptors (Lipinski definition) is 2. The number of ketones is 1. The van der Waals surface area contributed by atoms with E-state index in [1.54, 1.807) is 0 Å². The van der Waals surface area contributed by atoms with Gasteiger partial charge in [-0.2, -0.15) is 0 Å². The molecule has 0 radical (unpaired) electrons. The van der Waals surface area contributed by atoms with Crippen LogP contribution in [-0.2, 0) is 6.54 Å². The molecule has 2 N–H and O–H groups in total. The highest BCUT2D eigenvalue weighted by Gasteiger charge is 2.13. The molecule has 1 aromatic carbocycles. The van der Waals surface area contributed by atoms with Crippen molar-refractivity contribution in [2.75, 3.05) is 0 Å². The number of unbranched alkanes of at least 4 members (excludes halogenated alkanes) is 1. The molecule has 0 aromatic heterocycles. The molecule has 0 fully saturated rings.